The van der Waals surface area contributed by atoms with Gasteiger partial charge in [0.05, 0.1) is 0 Å². The van der Waals surface area contributed by atoms with Crippen molar-refractivity contribution in [2.75, 3.05) is 0 Å². The molecule has 4 heteroatoms. The number of pyridine rings is 1. The quantitative estimate of drug-likeness (QED) is 0.573. The molecule has 2 aromatic heterocycles. The third kappa shape index (κ3) is 5.46. The summed E-state index contributed by atoms with van der Waals surface area (Å²) in [6.07, 6.45) is 5.35. The van der Waals surface area contributed by atoms with E-state index in [9.17, 15) is 4.79 Å². The minimum Gasteiger partial charge on any atom is -0.368 e. The predicted molar refractivity (Wildman–Crippen MR) is 52.9 cm³/mol. The number of hydrogen-bond donors (Lipinski definition) is 3. The molecule has 0 saturated carbocycles. The van der Waals surface area contributed by atoms with Crippen molar-refractivity contribution in [1.82, 2.24) is 16.1 Å². The molecule has 0 radical (unpaired) electrons. The maximum atomic E-state index is 10.2. The Balaban J connectivity index is 0.000000215. The highest BCUT2D eigenvalue weighted by atomic mass is 16.1. The van der Waals surface area contributed by atoms with Crippen LogP contribution in [0.15, 0.2) is 53.7 Å². The van der Waals surface area contributed by atoms with Crippen molar-refractivity contribution < 1.29 is 0 Å². The fourth-order valence-corrected chi connectivity index (χ4v) is 0.655. The fourth-order valence-electron chi connectivity index (χ4n) is 0.655. The Bertz CT molecular complexity index is 305. The second-order valence-corrected chi connectivity index (χ2v) is 2.11. The first-order valence-electron chi connectivity index (χ1n) is 3.61. The van der Waals surface area contributed by atoms with Gasteiger partial charge >= 0.3 is 0 Å². The van der Waals surface area contributed by atoms with Gasteiger partial charge in [0.25, 0.3) is 0 Å². The number of aromatic amines is 2. The molecule has 5 N–H and O–H groups in total. The molecule has 2 rings (SSSR count). The number of nitrogens with one attached hydrogen (secondary N) is 2. The second-order valence-electron chi connectivity index (χ2n) is 2.11. The molecule has 0 spiro atoms. The average molecular weight is 179 g/mol. The Morgan fingerprint density at radius 3 is 1.77 bits per heavy atom. The third-order valence-electron chi connectivity index (χ3n) is 1.18. The molecular weight excluding hydrogens is 166 g/mol. The first-order valence-corrected chi connectivity index (χ1v) is 3.61. The van der Waals surface area contributed by atoms with Crippen LogP contribution >= 0.6 is 0 Å². The van der Waals surface area contributed by atoms with Crippen molar-refractivity contribution >= 4 is 0 Å². The van der Waals surface area contributed by atoms with Gasteiger partial charge in [-0.05, 0) is 18.2 Å². The Hall–Kier alpha value is -1.81. The highest BCUT2D eigenvalue weighted by Crippen LogP contribution is 1.72. The zero-order valence-electron chi connectivity index (χ0n) is 7.23. The van der Waals surface area contributed by atoms with Crippen LogP contribution in [0.1, 0.15) is 0 Å². The summed E-state index contributed by atoms with van der Waals surface area (Å²) in [7, 11) is 0. The van der Waals surface area contributed by atoms with E-state index >= 15 is 0 Å². The van der Waals surface area contributed by atoms with E-state index < -0.39 is 0 Å². The van der Waals surface area contributed by atoms with Gasteiger partial charge in [-0.1, -0.05) is 6.07 Å². The first-order chi connectivity index (χ1) is 5.89. The zero-order chi connectivity index (χ0) is 8.65. The van der Waals surface area contributed by atoms with Crippen LogP contribution in [-0.2, 0) is 0 Å². The largest absolute Gasteiger partial charge is 0.368 e. The van der Waals surface area contributed by atoms with Gasteiger partial charge < -0.3 is 16.1 Å². The van der Waals surface area contributed by atoms with Gasteiger partial charge in [-0.2, -0.15) is 0 Å². The van der Waals surface area contributed by atoms with E-state index in [0.717, 1.165) is 0 Å². The van der Waals surface area contributed by atoms with E-state index in [2.05, 4.69) is 9.97 Å². The average Bonchev–Trinajstić information content (AvgIpc) is 2.62. The van der Waals surface area contributed by atoms with Crippen molar-refractivity contribution in [2.24, 2.45) is 0 Å². The van der Waals surface area contributed by atoms with E-state index in [0.29, 0.717) is 0 Å². The second kappa shape index (κ2) is 6.87. The molecule has 0 atom stereocenters. The highest BCUT2D eigenvalue weighted by molar-refractivity contribution is 4.89. The lowest BCUT2D eigenvalue weighted by Gasteiger charge is -1.73. The van der Waals surface area contributed by atoms with Crippen LogP contribution in [0.2, 0.25) is 0 Å². The van der Waals surface area contributed by atoms with E-state index in [4.69, 9.17) is 0 Å². The molecule has 0 unspecified atom stereocenters. The molecule has 0 bridgehead atoms. The summed E-state index contributed by atoms with van der Waals surface area (Å²) in [5, 5.41) is 0. The van der Waals surface area contributed by atoms with Crippen LogP contribution in [0.25, 0.3) is 0 Å². The summed E-state index contributed by atoms with van der Waals surface area (Å²) in [4.78, 5) is 15.6. The predicted octanol–water partition coefficient (Wildman–Crippen LogP) is 1.55. The molecule has 0 amide bonds. The van der Waals surface area contributed by atoms with Crippen molar-refractivity contribution in [3.63, 3.8) is 0 Å². The number of H-pyrrole nitrogens is 2. The van der Waals surface area contributed by atoms with Gasteiger partial charge in [-0.15, -0.1) is 0 Å². The fraction of sp³-hybridized carbons (Fsp3) is 0. The Kier molecular flexibility index (Phi) is 5.92. The molecular formula is C9H13N3O. The summed E-state index contributed by atoms with van der Waals surface area (Å²) in [6, 6.07) is 8.82. The molecule has 2 heterocycles. The first kappa shape index (κ1) is 11.2. The van der Waals surface area contributed by atoms with Gasteiger partial charge in [0, 0.05) is 24.7 Å². The number of hydrogen-bond acceptors (Lipinski definition) is 2. The highest BCUT2D eigenvalue weighted by Gasteiger charge is 1.69. The molecule has 0 aliphatic rings. The van der Waals surface area contributed by atoms with Crippen LogP contribution < -0.4 is 11.7 Å². The SMILES string of the molecule is N.O=c1cccc[nH]1.c1cc[nH]c1. The third-order valence-corrected chi connectivity index (χ3v) is 1.18. The van der Waals surface area contributed by atoms with Gasteiger partial charge in [0.2, 0.25) is 5.56 Å². The van der Waals surface area contributed by atoms with Gasteiger partial charge in [-0.3, -0.25) is 4.79 Å². The van der Waals surface area contributed by atoms with Crippen molar-refractivity contribution in [2.45, 2.75) is 0 Å². The van der Waals surface area contributed by atoms with Crippen LogP contribution in [0.4, 0.5) is 0 Å². The van der Waals surface area contributed by atoms with Gasteiger partial charge in [-0.25, -0.2) is 0 Å². The summed E-state index contributed by atoms with van der Waals surface area (Å²) in [5.41, 5.74) is -0.0532. The van der Waals surface area contributed by atoms with Crippen molar-refractivity contribution in [1.29, 1.82) is 0 Å². The molecule has 0 aliphatic heterocycles. The van der Waals surface area contributed by atoms with Crippen molar-refractivity contribution in [3.05, 3.63) is 59.3 Å². The summed E-state index contributed by atoms with van der Waals surface area (Å²) in [6.45, 7) is 0. The summed E-state index contributed by atoms with van der Waals surface area (Å²) >= 11 is 0. The summed E-state index contributed by atoms with van der Waals surface area (Å²) < 4.78 is 0. The topological polar surface area (TPSA) is 83.7 Å². The number of aromatic nitrogens is 2. The molecule has 0 fully saturated rings. The van der Waals surface area contributed by atoms with Gasteiger partial charge in [0.1, 0.15) is 0 Å². The molecule has 4 nitrogen and oxygen atoms in total. The normalized spacial score (nSPS) is 7.69. The Morgan fingerprint density at radius 2 is 1.54 bits per heavy atom. The van der Waals surface area contributed by atoms with Crippen LogP contribution in [0, 0.1) is 0 Å². The maximum absolute atomic E-state index is 10.2. The zero-order valence-corrected chi connectivity index (χ0v) is 7.23. The molecule has 0 aliphatic carbocycles. The molecule has 70 valence electrons. The van der Waals surface area contributed by atoms with E-state index in [-0.39, 0.29) is 11.7 Å². The van der Waals surface area contributed by atoms with Crippen LogP contribution in [0.3, 0.4) is 0 Å². The maximum Gasteiger partial charge on any atom is 0.247 e. The lowest BCUT2D eigenvalue weighted by molar-refractivity contribution is 1.24. The Morgan fingerprint density at radius 1 is 0.923 bits per heavy atom. The molecule has 0 aromatic carbocycles. The van der Waals surface area contributed by atoms with Crippen LogP contribution in [-0.4, -0.2) is 9.97 Å². The standard InChI is InChI=1S/C5H5NO.C4H5N.H3N/c7-5-3-1-2-4-6-5;1-2-4-5-3-1;/h1-4H,(H,6,7);1-5H;1H3. The van der Waals surface area contributed by atoms with Gasteiger partial charge in [0.15, 0.2) is 0 Å². The van der Waals surface area contributed by atoms with Crippen LogP contribution in [0.5, 0.6) is 0 Å². The van der Waals surface area contributed by atoms with E-state index in [1.54, 1.807) is 18.3 Å². The van der Waals surface area contributed by atoms with E-state index in [1.165, 1.54) is 6.07 Å². The minimum atomic E-state index is -0.0532. The lowest BCUT2D eigenvalue weighted by atomic mass is 10.5. The monoisotopic (exact) mass is 179 g/mol. The smallest absolute Gasteiger partial charge is 0.247 e. The number of rotatable bonds is 0. The molecule has 2 aromatic rings. The Labute approximate surface area is 76.2 Å². The minimum absolute atomic E-state index is 0. The molecule has 0 saturated heterocycles. The lowest BCUT2D eigenvalue weighted by Crippen LogP contribution is -1.98. The summed E-state index contributed by atoms with van der Waals surface area (Å²) in [5.74, 6) is 0. The van der Waals surface area contributed by atoms with Crippen molar-refractivity contribution in [3.8, 4) is 0 Å². The molecule has 13 heavy (non-hydrogen) atoms. The van der Waals surface area contributed by atoms with E-state index in [1.807, 2.05) is 24.5 Å².